The maximum Gasteiger partial charge on any atom is 0.246 e. The molecule has 2 aromatic rings. The summed E-state index contributed by atoms with van der Waals surface area (Å²) in [5.74, 6) is 0.0880. The number of nitrogens with zero attached hydrogens (tertiary/aromatic N) is 2. The third kappa shape index (κ3) is 4.70. The van der Waals surface area contributed by atoms with Gasteiger partial charge in [0.25, 0.3) is 0 Å². The molecule has 1 aliphatic heterocycles. The molecule has 0 unspecified atom stereocenters. The smallest absolute Gasteiger partial charge is 0.246 e. The van der Waals surface area contributed by atoms with E-state index in [0.29, 0.717) is 0 Å². The van der Waals surface area contributed by atoms with Gasteiger partial charge in [-0.1, -0.05) is 54.1 Å². The Morgan fingerprint density at radius 2 is 1.62 bits per heavy atom. The third-order valence-corrected chi connectivity index (χ3v) is 4.47. The zero-order chi connectivity index (χ0) is 16.8. The molecule has 3 nitrogen and oxygen atoms in total. The molecule has 0 N–H and O–H groups in total. The van der Waals surface area contributed by atoms with E-state index in [-0.39, 0.29) is 5.91 Å². The zero-order valence-electron chi connectivity index (χ0n) is 13.6. The van der Waals surface area contributed by atoms with Crippen LogP contribution < -0.4 is 0 Å². The van der Waals surface area contributed by atoms with Crippen molar-refractivity contribution in [2.75, 3.05) is 26.2 Å². The van der Waals surface area contributed by atoms with E-state index < -0.39 is 0 Å². The van der Waals surface area contributed by atoms with Crippen molar-refractivity contribution in [1.29, 1.82) is 0 Å². The number of hydrogen-bond acceptors (Lipinski definition) is 2. The highest BCUT2D eigenvalue weighted by atomic mass is 35.5. The highest BCUT2D eigenvalue weighted by Crippen LogP contribution is 2.13. The SMILES string of the molecule is O=C(/C=C/c1ccccc1)N1CCN(Cc2ccc(Cl)cc2)CC1. The van der Waals surface area contributed by atoms with E-state index in [4.69, 9.17) is 11.6 Å². The van der Waals surface area contributed by atoms with Crippen LogP contribution in [-0.2, 0) is 11.3 Å². The van der Waals surface area contributed by atoms with Gasteiger partial charge >= 0.3 is 0 Å². The van der Waals surface area contributed by atoms with Crippen LogP contribution in [0.3, 0.4) is 0 Å². The summed E-state index contributed by atoms with van der Waals surface area (Å²) in [6, 6.07) is 17.9. The first-order valence-electron chi connectivity index (χ1n) is 8.19. The molecule has 1 heterocycles. The standard InChI is InChI=1S/C20H21ClN2O/c21-19-9-6-18(7-10-19)16-22-12-14-23(15-13-22)20(24)11-8-17-4-2-1-3-5-17/h1-11H,12-16H2/b11-8+. The lowest BCUT2D eigenvalue weighted by molar-refractivity contribution is -0.127. The van der Waals surface area contributed by atoms with Crippen LogP contribution in [0.5, 0.6) is 0 Å². The molecule has 124 valence electrons. The van der Waals surface area contributed by atoms with Gasteiger partial charge in [-0.25, -0.2) is 0 Å². The highest BCUT2D eigenvalue weighted by molar-refractivity contribution is 6.30. The molecule has 0 saturated carbocycles. The number of benzene rings is 2. The second-order valence-electron chi connectivity index (χ2n) is 5.97. The maximum absolute atomic E-state index is 12.3. The largest absolute Gasteiger partial charge is 0.337 e. The summed E-state index contributed by atoms with van der Waals surface area (Å²) in [6.07, 6.45) is 3.55. The molecule has 0 atom stereocenters. The van der Waals surface area contributed by atoms with E-state index in [2.05, 4.69) is 17.0 Å². The topological polar surface area (TPSA) is 23.6 Å². The molecule has 24 heavy (non-hydrogen) atoms. The monoisotopic (exact) mass is 340 g/mol. The lowest BCUT2D eigenvalue weighted by Crippen LogP contribution is -2.47. The highest BCUT2D eigenvalue weighted by Gasteiger charge is 2.19. The van der Waals surface area contributed by atoms with Gasteiger partial charge in [-0.15, -0.1) is 0 Å². The number of halogens is 1. The van der Waals surface area contributed by atoms with Crippen molar-refractivity contribution in [3.63, 3.8) is 0 Å². The van der Waals surface area contributed by atoms with Gasteiger partial charge in [0.1, 0.15) is 0 Å². The number of carbonyl (C=O) groups is 1. The van der Waals surface area contributed by atoms with Crippen molar-refractivity contribution in [3.8, 4) is 0 Å². The quantitative estimate of drug-likeness (QED) is 0.792. The molecule has 1 saturated heterocycles. The number of carbonyl (C=O) groups excluding carboxylic acids is 1. The van der Waals surface area contributed by atoms with Crippen molar-refractivity contribution in [1.82, 2.24) is 9.80 Å². The number of amides is 1. The third-order valence-electron chi connectivity index (χ3n) is 4.22. The Morgan fingerprint density at radius 1 is 0.958 bits per heavy atom. The van der Waals surface area contributed by atoms with E-state index in [1.54, 1.807) is 6.08 Å². The van der Waals surface area contributed by atoms with Crippen molar-refractivity contribution < 1.29 is 4.79 Å². The molecule has 0 aliphatic carbocycles. The van der Waals surface area contributed by atoms with Crippen molar-refractivity contribution in [2.24, 2.45) is 0 Å². The van der Waals surface area contributed by atoms with Crippen LogP contribution in [0, 0.1) is 0 Å². The fraction of sp³-hybridized carbons (Fsp3) is 0.250. The van der Waals surface area contributed by atoms with Gasteiger partial charge in [-0.2, -0.15) is 0 Å². The molecule has 3 rings (SSSR count). The van der Waals surface area contributed by atoms with Gasteiger partial charge in [-0.05, 0) is 29.3 Å². The summed E-state index contributed by atoms with van der Waals surface area (Å²) in [5, 5.41) is 0.763. The molecular formula is C20H21ClN2O. The van der Waals surface area contributed by atoms with E-state index >= 15 is 0 Å². The number of hydrogen-bond donors (Lipinski definition) is 0. The average Bonchev–Trinajstić information content (AvgIpc) is 2.63. The van der Waals surface area contributed by atoms with E-state index in [0.717, 1.165) is 43.3 Å². The summed E-state index contributed by atoms with van der Waals surface area (Å²) in [6.45, 7) is 4.23. The Morgan fingerprint density at radius 3 is 2.29 bits per heavy atom. The van der Waals surface area contributed by atoms with Crippen LogP contribution in [0.2, 0.25) is 5.02 Å². The van der Waals surface area contributed by atoms with Crippen molar-refractivity contribution >= 4 is 23.6 Å². The summed E-state index contributed by atoms with van der Waals surface area (Å²) < 4.78 is 0. The average molecular weight is 341 g/mol. The molecule has 1 amide bonds. The molecule has 2 aromatic carbocycles. The summed E-state index contributed by atoms with van der Waals surface area (Å²) >= 11 is 5.92. The lowest BCUT2D eigenvalue weighted by atomic mass is 10.2. The summed E-state index contributed by atoms with van der Waals surface area (Å²) in [5.41, 5.74) is 2.30. The fourth-order valence-corrected chi connectivity index (χ4v) is 2.94. The van der Waals surface area contributed by atoms with Crippen LogP contribution >= 0.6 is 11.6 Å². The first-order chi connectivity index (χ1) is 11.7. The van der Waals surface area contributed by atoms with Crippen molar-refractivity contribution in [3.05, 3.63) is 76.8 Å². The summed E-state index contributed by atoms with van der Waals surface area (Å²) in [7, 11) is 0. The Bertz CT molecular complexity index is 689. The second-order valence-corrected chi connectivity index (χ2v) is 6.41. The van der Waals surface area contributed by atoms with Gasteiger partial charge in [-0.3, -0.25) is 9.69 Å². The van der Waals surface area contributed by atoms with Crippen LogP contribution in [0.15, 0.2) is 60.7 Å². The predicted octanol–water partition coefficient (Wildman–Crippen LogP) is 3.70. The molecule has 1 aliphatic rings. The Balaban J connectivity index is 1.48. The van der Waals surface area contributed by atoms with Crippen LogP contribution in [0.25, 0.3) is 6.08 Å². The molecule has 0 aromatic heterocycles. The van der Waals surface area contributed by atoms with Gasteiger partial charge in [0.2, 0.25) is 5.91 Å². The van der Waals surface area contributed by atoms with Gasteiger partial charge in [0, 0.05) is 43.8 Å². The van der Waals surface area contributed by atoms with Gasteiger partial charge < -0.3 is 4.90 Å². The van der Waals surface area contributed by atoms with Crippen LogP contribution in [-0.4, -0.2) is 41.9 Å². The van der Waals surface area contributed by atoms with Gasteiger partial charge in [0.15, 0.2) is 0 Å². The van der Waals surface area contributed by atoms with Crippen LogP contribution in [0.4, 0.5) is 0 Å². The minimum Gasteiger partial charge on any atom is -0.337 e. The molecule has 4 heteroatoms. The summed E-state index contributed by atoms with van der Waals surface area (Å²) in [4.78, 5) is 16.6. The molecule has 0 spiro atoms. The first kappa shape index (κ1) is 16.7. The fourth-order valence-electron chi connectivity index (χ4n) is 2.81. The first-order valence-corrected chi connectivity index (χ1v) is 8.57. The Kier molecular flexibility index (Phi) is 5.68. The van der Waals surface area contributed by atoms with Crippen molar-refractivity contribution in [2.45, 2.75) is 6.54 Å². The van der Waals surface area contributed by atoms with E-state index in [1.165, 1.54) is 5.56 Å². The predicted molar refractivity (Wildman–Crippen MR) is 98.8 cm³/mol. The van der Waals surface area contributed by atoms with E-state index in [1.807, 2.05) is 53.4 Å². The minimum absolute atomic E-state index is 0.0880. The number of piperazine rings is 1. The minimum atomic E-state index is 0.0880. The Hall–Kier alpha value is -2.10. The van der Waals surface area contributed by atoms with E-state index in [9.17, 15) is 4.79 Å². The van der Waals surface area contributed by atoms with Gasteiger partial charge in [0.05, 0.1) is 0 Å². The second kappa shape index (κ2) is 8.13. The lowest BCUT2D eigenvalue weighted by Gasteiger charge is -2.34. The zero-order valence-corrected chi connectivity index (χ0v) is 14.3. The number of rotatable bonds is 4. The molecule has 0 radical (unpaired) electrons. The normalized spacial score (nSPS) is 15.8. The molecule has 1 fully saturated rings. The maximum atomic E-state index is 12.3. The molecule has 0 bridgehead atoms. The van der Waals surface area contributed by atoms with Crippen LogP contribution in [0.1, 0.15) is 11.1 Å². The molecular weight excluding hydrogens is 320 g/mol. The Labute approximate surface area is 148 Å².